The van der Waals surface area contributed by atoms with Crippen LogP contribution in [0, 0.1) is 0 Å². The third-order valence-electron chi connectivity index (χ3n) is 3.96. The van der Waals surface area contributed by atoms with Gasteiger partial charge in [0.05, 0.1) is 5.56 Å². The molecule has 0 atom stereocenters. The van der Waals surface area contributed by atoms with Crippen molar-refractivity contribution in [2.24, 2.45) is 0 Å². The van der Waals surface area contributed by atoms with Crippen molar-refractivity contribution in [2.45, 2.75) is 19.3 Å². The van der Waals surface area contributed by atoms with E-state index in [1.54, 1.807) is 18.3 Å². The molecule has 3 rings (SSSR count). The number of benzene rings is 2. The Balaban J connectivity index is 1.56. The summed E-state index contributed by atoms with van der Waals surface area (Å²) in [5, 5.41) is 2.67. The van der Waals surface area contributed by atoms with Gasteiger partial charge in [-0.1, -0.05) is 30.3 Å². The summed E-state index contributed by atoms with van der Waals surface area (Å²) in [7, 11) is 0. The van der Waals surface area contributed by atoms with E-state index in [4.69, 9.17) is 4.74 Å². The Morgan fingerprint density at radius 3 is 2.36 bits per heavy atom. The normalized spacial score (nSPS) is 11.1. The van der Waals surface area contributed by atoms with Crippen LogP contribution >= 0.6 is 0 Å². The van der Waals surface area contributed by atoms with Crippen LogP contribution in [0.25, 0.3) is 0 Å². The predicted molar refractivity (Wildman–Crippen MR) is 97.6 cm³/mol. The monoisotopic (exact) mass is 386 g/mol. The van der Waals surface area contributed by atoms with Gasteiger partial charge in [-0.15, -0.1) is 0 Å². The summed E-state index contributed by atoms with van der Waals surface area (Å²) in [4.78, 5) is 16.3. The van der Waals surface area contributed by atoms with Crippen molar-refractivity contribution >= 4 is 5.91 Å². The molecule has 4 nitrogen and oxygen atoms in total. The van der Waals surface area contributed by atoms with Crippen LogP contribution in [0.15, 0.2) is 72.9 Å². The summed E-state index contributed by atoms with van der Waals surface area (Å²) in [6.45, 7) is 0.569. The largest absolute Gasteiger partial charge is 0.473 e. The molecule has 0 radical (unpaired) electrons. The van der Waals surface area contributed by atoms with E-state index in [2.05, 4.69) is 10.3 Å². The van der Waals surface area contributed by atoms with E-state index in [0.717, 1.165) is 35.4 Å². The molecule has 0 saturated heterocycles. The number of rotatable bonds is 6. The number of nitrogens with one attached hydrogen (secondary N) is 1. The summed E-state index contributed by atoms with van der Waals surface area (Å²) in [6.07, 6.45) is -2.86. The first-order chi connectivity index (χ1) is 13.4. The number of halogens is 3. The van der Waals surface area contributed by atoms with Gasteiger partial charge in [-0.05, 0) is 41.5 Å². The van der Waals surface area contributed by atoms with Crippen LogP contribution < -0.4 is 10.1 Å². The minimum atomic E-state index is -4.43. The van der Waals surface area contributed by atoms with Gasteiger partial charge in [0.1, 0.15) is 6.61 Å². The maximum atomic E-state index is 12.6. The number of carbonyl (C=O) groups excluding carboxylic acids is 1. The number of nitrogens with zero attached hydrogens (tertiary/aromatic N) is 1. The van der Waals surface area contributed by atoms with E-state index in [9.17, 15) is 18.0 Å². The van der Waals surface area contributed by atoms with Gasteiger partial charge in [0, 0.05) is 24.4 Å². The maximum Gasteiger partial charge on any atom is 0.416 e. The minimum Gasteiger partial charge on any atom is -0.473 e. The Labute approximate surface area is 160 Å². The highest BCUT2D eigenvalue weighted by atomic mass is 19.4. The molecule has 1 heterocycles. The smallest absolute Gasteiger partial charge is 0.416 e. The number of hydrogen-bond donors (Lipinski definition) is 1. The van der Waals surface area contributed by atoms with Crippen LogP contribution in [0.3, 0.4) is 0 Å². The fraction of sp³-hybridized carbons (Fsp3) is 0.143. The summed E-state index contributed by atoms with van der Waals surface area (Å²) in [5.41, 5.74) is 1.13. The molecule has 2 aromatic carbocycles. The topological polar surface area (TPSA) is 51.2 Å². The third-order valence-corrected chi connectivity index (χ3v) is 3.96. The molecule has 28 heavy (non-hydrogen) atoms. The van der Waals surface area contributed by atoms with Gasteiger partial charge in [0.2, 0.25) is 5.88 Å². The van der Waals surface area contributed by atoms with Gasteiger partial charge in [0.25, 0.3) is 5.91 Å². The Bertz CT molecular complexity index is 926. The van der Waals surface area contributed by atoms with Crippen LogP contribution in [-0.4, -0.2) is 10.9 Å². The molecule has 0 saturated carbocycles. The van der Waals surface area contributed by atoms with Crippen molar-refractivity contribution in [1.29, 1.82) is 0 Å². The van der Waals surface area contributed by atoms with Crippen molar-refractivity contribution in [3.8, 4) is 5.88 Å². The Morgan fingerprint density at radius 1 is 0.964 bits per heavy atom. The van der Waals surface area contributed by atoms with E-state index in [1.807, 2.05) is 30.3 Å². The van der Waals surface area contributed by atoms with E-state index in [-0.39, 0.29) is 12.1 Å². The van der Waals surface area contributed by atoms with E-state index in [0.29, 0.717) is 12.5 Å². The molecule has 1 aromatic heterocycles. The summed E-state index contributed by atoms with van der Waals surface area (Å²) < 4.78 is 43.4. The van der Waals surface area contributed by atoms with Crippen molar-refractivity contribution in [3.05, 3.63) is 95.2 Å². The first-order valence-corrected chi connectivity index (χ1v) is 8.49. The Hall–Kier alpha value is -3.35. The molecule has 0 aliphatic rings. The molecule has 3 aromatic rings. The first-order valence-electron chi connectivity index (χ1n) is 8.49. The summed E-state index contributed by atoms with van der Waals surface area (Å²) in [6, 6.07) is 17.1. The lowest BCUT2D eigenvalue weighted by Gasteiger charge is -2.09. The van der Waals surface area contributed by atoms with E-state index < -0.39 is 17.6 Å². The number of alkyl halides is 3. The fourth-order valence-electron chi connectivity index (χ4n) is 2.47. The zero-order chi connectivity index (χ0) is 20.0. The highest BCUT2D eigenvalue weighted by Gasteiger charge is 2.30. The highest BCUT2D eigenvalue weighted by Crippen LogP contribution is 2.29. The van der Waals surface area contributed by atoms with Crippen molar-refractivity contribution in [3.63, 3.8) is 0 Å². The van der Waals surface area contributed by atoms with E-state index in [1.165, 1.54) is 0 Å². The molecule has 0 spiro atoms. The second kappa shape index (κ2) is 8.56. The number of carbonyl (C=O) groups is 1. The van der Waals surface area contributed by atoms with Crippen molar-refractivity contribution in [1.82, 2.24) is 10.3 Å². The Kier molecular flexibility index (Phi) is 5.93. The number of aromatic nitrogens is 1. The predicted octanol–water partition coefficient (Wildman–Crippen LogP) is 4.61. The fourth-order valence-corrected chi connectivity index (χ4v) is 2.47. The van der Waals surface area contributed by atoms with Crippen molar-refractivity contribution < 1.29 is 22.7 Å². The van der Waals surface area contributed by atoms with Gasteiger partial charge in [-0.25, -0.2) is 4.98 Å². The molecule has 7 heteroatoms. The standard InChI is InChI=1S/C21H17F3N2O2/c22-21(23,24)18-8-6-17(7-9-18)20(27)26-13-16-10-11-25-19(12-16)28-14-15-4-2-1-3-5-15/h1-12H,13-14H2,(H,26,27). The zero-order valence-electron chi connectivity index (χ0n) is 14.7. The van der Waals surface area contributed by atoms with Crippen LogP contribution in [0.1, 0.15) is 27.0 Å². The lowest BCUT2D eigenvalue weighted by Crippen LogP contribution is -2.23. The second-order valence-corrected chi connectivity index (χ2v) is 6.03. The zero-order valence-corrected chi connectivity index (χ0v) is 14.7. The summed E-state index contributed by atoms with van der Waals surface area (Å²) >= 11 is 0. The highest BCUT2D eigenvalue weighted by molar-refractivity contribution is 5.94. The van der Waals surface area contributed by atoms with Crippen LogP contribution in [0.4, 0.5) is 13.2 Å². The number of pyridine rings is 1. The van der Waals surface area contributed by atoms with Crippen LogP contribution in [0.5, 0.6) is 5.88 Å². The van der Waals surface area contributed by atoms with Crippen LogP contribution in [-0.2, 0) is 19.3 Å². The summed E-state index contributed by atoms with van der Waals surface area (Å²) in [5.74, 6) is -0.0394. The SMILES string of the molecule is O=C(NCc1ccnc(OCc2ccccc2)c1)c1ccc(C(F)(F)F)cc1. The molecule has 144 valence electrons. The molecular weight excluding hydrogens is 369 g/mol. The number of amides is 1. The molecule has 1 N–H and O–H groups in total. The van der Waals surface area contributed by atoms with Gasteiger partial charge < -0.3 is 10.1 Å². The van der Waals surface area contributed by atoms with Gasteiger partial charge in [0.15, 0.2) is 0 Å². The lowest BCUT2D eigenvalue weighted by atomic mass is 10.1. The average molecular weight is 386 g/mol. The van der Waals surface area contributed by atoms with Crippen LogP contribution in [0.2, 0.25) is 0 Å². The molecule has 0 aliphatic heterocycles. The average Bonchev–Trinajstić information content (AvgIpc) is 2.71. The molecule has 0 unspecified atom stereocenters. The number of hydrogen-bond acceptors (Lipinski definition) is 3. The lowest BCUT2D eigenvalue weighted by molar-refractivity contribution is -0.137. The first kappa shape index (κ1) is 19.4. The number of ether oxygens (including phenoxy) is 1. The molecular formula is C21H17F3N2O2. The van der Waals surface area contributed by atoms with Crippen molar-refractivity contribution in [2.75, 3.05) is 0 Å². The second-order valence-electron chi connectivity index (χ2n) is 6.03. The minimum absolute atomic E-state index is 0.155. The Morgan fingerprint density at radius 2 is 1.68 bits per heavy atom. The molecule has 0 fully saturated rings. The molecule has 1 amide bonds. The third kappa shape index (κ3) is 5.33. The molecule has 0 bridgehead atoms. The maximum absolute atomic E-state index is 12.6. The molecule has 0 aliphatic carbocycles. The van der Waals surface area contributed by atoms with Gasteiger partial charge in [-0.2, -0.15) is 13.2 Å². The quantitative estimate of drug-likeness (QED) is 0.673. The van der Waals surface area contributed by atoms with E-state index >= 15 is 0 Å². The van der Waals surface area contributed by atoms with Gasteiger partial charge in [-0.3, -0.25) is 4.79 Å². The van der Waals surface area contributed by atoms with Gasteiger partial charge >= 0.3 is 6.18 Å².